The first kappa shape index (κ1) is 19.2. The molecular weight excluding hydrogens is 344 g/mol. The SMILES string of the molecule is Cc1ccc(O)c(-c2ccc3c(c2)CCCO3)c1[C@H](OC(C)(C)C)C(=O)O. The molecule has 0 radical (unpaired) electrons. The maximum atomic E-state index is 12.0. The maximum Gasteiger partial charge on any atom is 0.337 e. The molecule has 0 fully saturated rings. The molecule has 2 N–H and O–H groups in total. The lowest BCUT2D eigenvalue weighted by molar-refractivity contribution is -0.160. The number of phenolic OH excluding ortho intramolecular Hbond substituents is 1. The molecule has 144 valence electrons. The zero-order valence-electron chi connectivity index (χ0n) is 16.2. The van der Waals surface area contributed by atoms with Crippen LogP contribution in [0.5, 0.6) is 11.5 Å². The van der Waals surface area contributed by atoms with Crippen LogP contribution < -0.4 is 4.74 Å². The van der Waals surface area contributed by atoms with Gasteiger partial charge in [0.2, 0.25) is 0 Å². The van der Waals surface area contributed by atoms with Gasteiger partial charge in [0.25, 0.3) is 0 Å². The van der Waals surface area contributed by atoms with E-state index in [9.17, 15) is 15.0 Å². The van der Waals surface area contributed by atoms with Gasteiger partial charge in [-0.2, -0.15) is 0 Å². The van der Waals surface area contributed by atoms with Gasteiger partial charge in [-0.1, -0.05) is 12.1 Å². The van der Waals surface area contributed by atoms with E-state index in [4.69, 9.17) is 9.47 Å². The average Bonchev–Trinajstić information content (AvgIpc) is 2.60. The topological polar surface area (TPSA) is 76.0 Å². The van der Waals surface area contributed by atoms with Crippen molar-refractivity contribution < 1.29 is 24.5 Å². The summed E-state index contributed by atoms with van der Waals surface area (Å²) in [4.78, 5) is 12.0. The van der Waals surface area contributed by atoms with Crippen LogP contribution >= 0.6 is 0 Å². The Balaban J connectivity index is 2.18. The smallest absolute Gasteiger partial charge is 0.337 e. The second-order valence-electron chi connectivity index (χ2n) is 7.91. The summed E-state index contributed by atoms with van der Waals surface area (Å²) in [5, 5.41) is 20.5. The van der Waals surface area contributed by atoms with Gasteiger partial charge in [0, 0.05) is 11.1 Å². The molecule has 0 unspecified atom stereocenters. The van der Waals surface area contributed by atoms with Gasteiger partial charge in [0.1, 0.15) is 11.5 Å². The molecule has 1 atom stereocenters. The van der Waals surface area contributed by atoms with E-state index in [0.29, 0.717) is 17.7 Å². The Morgan fingerprint density at radius 1 is 1.22 bits per heavy atom. The molecule has 1 aliphatic heterocycles. The van der Waals surface area contributed by atoms with E-state index in [0.717, 1.165) is 35.3 Å². The summed E-state index contributed by atoms with van der Waals surface area (Å²) in [6.07, 6.45) is 0.652. The van der Waals surface area contributed by atoms with E-state index in [1.807, 2.05) is 45.9 Å². The Morgan fingerprint density at radius 2 is 1.96 bits per heavy atom. The monoisotopic (exact) mass is 370 g/mol. The third-order valence-corrected chi connectivity index (χ3v) is 4.60. The molecule has 2 aromatic carbocycles. The molecule has 5 heteroatoms. The molecule has 0 spiro atoms. The van der Waals surface area contributed by atoms with Crippen LogP contribution in [0.25, 0.3) is 11.1 Å². The fourth-order valence-electron chi connectivity index (χ4n) is 3.46. The van der Waals surface area contributed by atoms with Crippen LogP contribution in [-0.2, 0) is 16.0 Å². The third-order valence-electron chi connectivity index (χ3n) is 4.60. The molecule has 0 amide bonds. The highest BCUT2D eigenvalue weighted by atomic mass is 16.5. The van der Waals surface area contributed by atoms with Gasteiger partial charge in [-0.25, -0.2) is 4.79 Å². The normalized spacial score (nSPS) is 15.0. The van der Waals surface area contributed by atoms with E-state index in [2.05, 4.69) is 0 Å². The number of aromatic hydroxyl groups is 1. The van der Waals surface area contributed by atoms with E-state index in [-0.39, 0.29) is 5.75 Å². The number of ether oxygens (including phenoxy) is 2. The zero-order chi connectivity index (χ0) is 19.8. The summed E-state index contributed by atoms with van der Waals surface area (Å²) in [5.74, 6) is -0.198. The molecule has 0 saturated carbocycles. The predicted octanol–water partition coefficient (Wildman–Crippen LogP) is 4.63. The van der Waals surface area contributed by atoms with Crippen molar-refractivity contribution in [2.45, 2.75) is 52.2 Å². The summed E-state index contributed by atoms with van der Waals surface area (Å²) < 4.78 is 11.5. The molecule has 27 heavy (non-hydrogen) atoms. The van der Waals surface area contributed by atoms with Gasteiger partial charge in [0.05, 0.1) is 12.2 Å². The highest BCUT2D eigenvalue weighted by Gasteiger charge is 2.32. The molecule has 0 saturated heterocycles. The first-order valence-electron chi connectivity index (χ1n) is 9.16. The van der Waals surface area contributed by atoms with Crippen LogP contribution in [0.15, 0.2) is 30.3 Å². The number of carboxylic acid groups (broad SMARTS) is 1. The maximum absolute atomic E-state index is 12.0. The van der Waals surface area contributed by atoms with Crippen LogP contribution in [-0.4, -0.2) is 28.4 Å². The number of aryl methyl sites for hydroxylation is 2. The van der Waals surface area contributed by atoms with Crippen LogP contribution in [0.1, 0.15) is 50.0 Å². The van der Waals surface area contributed by atoms with Crippen LogP contribution in [0.4, 0.5) is 0 Å². The fourth-order valence-corrected chi connectivity index (χ4v) is 3.46. The highest BCUT2D eigenvalue weighted by molar-refractivity contribution is 5.84. The molecule has 0 aromatic heterocycles. The molecule has 3 rings (SSSR count). The lowest BCUT2D eigenvalue weighted by atomic mass is 9.89. The van der Waals surface area contributed by atoms with Crippen LogP contribution in [0.3, 0.4) is 0 Å². The highest BCUT2D eigenvalue weighted by Crippen LogP contribution is 2.42. The first-order valence-corrected chi connectivity index (χ1v) is 9.16. The van der Waals surface area contributed by atoms with Gasteiger partial charge < -0.3 is 19.7 Å². The van der Waals surface area contributed by atoms with E-state index >= 15 is 0 Å². The van der Waals surface area contributed by atoms with Crippen molar-refractivity contribution in [3.8, 4) is 22.6 Å². The van der Waals surface area contributed by atoms with Crippen molar-refractivity contribution >= 4 is 5.97 Å². The van der Waals surface area contributed by atoms with Crippen molar-refractivity contribution in [2.75, 3.05) is 6.61 Å². The molecular formula is C22H26O5. The lowest BCUT2D eigenvalue weighted by Crippen LogP contribution is -2.28. The number of fused-ring (bicyclic) bond motifs is 1. The Hall–Kier alpha value is -2.53. The van der Waals surface area contributed by atoms with E-state index in [1.54, 1.807) is 12.1 Å². The van der Waals surface area contributed by atoms with Crippen molar-refractivity contribution in [1.29, 1.82) is 0 Å². The second kappa shape index (κ2) is 7.24. The van der Waals surface area contributed by atoms with Crippen molar-refractivity contribution in [2.24, 2.45) is 0 Å². The summed E-state index contributed by atoms with van der Waals surface area (Å²) >= 11 is 0. The Morgan fingerprint density at radius 3 is 2.63 bits per heavy atom. The summed E-state index contributed by atoms with van der Waals surface area (Å²) in [5.41, 5.74) is 2.91. The number of hydrogen-bond donors (Lipinski definition) is 2. The van der Waals surface area contributed by atoms with Crippen LogP contribution in [0.2, 0.25) is 0 Å². The van der Waals surface area contributed by atoms with Gasteiger partial charge in [-0.3, -0.25) is 0 Å². The standard InChI is InChI=1S/C22H26O5/c1-13-7-9-16(23)19(18(13)20(21(24)25)27-22(2,3)4)15-8-10-17-14(12-15)6-5-11-26-17/h7-10,12,20,23H,5-6,11H2,1-4H3,(H,24,25)/t20-/m0/s1. The molecule has 2 aromatic rings. The predicted molar refractivity (Wildman–Crippen MR) is 103 cm³/mol. The number of hydrogen-bond acceptors (Lipinski definition) is 4. The number of aliphatic carboxylic acids is 1. The minimum absolute atomic E-state index is 0.0380. The Bertz CT molecular complexity index is 864. The van der Waals surface area contributed by atoms with Crippen LogP contribution in [0, 0.1) is 6.92 Å². The number of rotatable bonds is 4. The molecule has 5 nitrogen and oxygen atoms in total. The van der Waals surface area contributed by atoms with Crippen molar-refractivity contribution in [3.63, 3.8) is 0 Å². The number of phenols is 1. The Kier molecular flexibility index (Phi) is 5.16. The number of carboxylic acids is 1. The molecule has 0 aliphatic carbocycles. The average molecular weight is 370 g/mol. The van der Waals surface area contributed by atoms with Gasteiger partial charge >= 0.3 is 5.97 Å². The fraction of sp³-hybridized carbons (Fsp3) is 0.409. The Labute approximate surface area is 159 Å². The number of benzene rings is 2. The van der Waals surface area contributed by atoms with Crippen molar-refractivity contribution in [1.82, 2.24) is 0 Å². The van der Waals surface area contributed by atoms with Gasteiger partial charge in [-0.05, 0) is 75.4 Å². The summed E-state index contributed by atoms with van der Waals surface area (Å²) in [6, 6.07) is 9.04. The van der Waals surface area contributed by atoms with E-state index in [1.165, 1.54) is 0 Å². The molecule has 1 heterocycles. The molecule has 1 aliphatic rings. The largest absolute Gasteiger partial charge is 0.507 e. The minimum atomic E-state index is -1.18. The van der Waals surface area contributed by atoms with Crippen molar-refractivity contribution in [3.05, 3.63) is 47.0 Å². The van der Waals surface area contributed by atoms with Gasteiger partial charge in [0.15, 0.2) is 6.10 Å². The number of carbonyl (C=O) groups is 1. The summed E-state index contributed by atoms with van der Waals surface area (Å²) in [6.45, 7) is 7.99. The molecule has 0 bridgehead atoms. The third kappa shape index (κ3) is 4.08. The summed E-state index contributed by atoms with van der Waals surface area (Å²) in [7, 11) is 0. The zero-order valence-corrected chi connectivity index (χ0v) is 16.2. The van der Waals surface area contributed by atoms with Gasteiger partial charge in [-0.15, -0.1) is 0 Å². The van der Waals surface area contributed by atoms with E-state index < -0.39 is 17.7 Å². The first-order chi connectivity index (χ1) is 12.7. The minimum Gasteiger partial charge on any atom is -0.507 e. The lowest BCUT2D eigenvalue weighted by Gasteiger charge is -2.28. The second-order valence-corrected chi connectivity index (χ2v) is 7.91. The quantitative estimate of drug-likeness (QED) is 0.820.